The molecule has 3 aromatic rings. The van der Waals surface area contributed by atoms with E-state index in [0.717, 1.165) is 60.6 Å². The van der Waals surface area contributed by atoms with E-state index in [4.69, 9.17) is 14.1 Å². The predicted molar refractivity (Wildman–Crippen MR) is 103 cm³/mol. The maximum absolute atomic E-state index is 12.7. The van der Waals surface area contributed by atoms with E-state index in [1.165, 1.54) is 0 Å². The Morgan fingerprint density at radius 1 is 1.17 bits per heavy atom. The van der Waals surface area contributed by atoms with Crippen molar-refractivity contribution in [1.29, 1.82) is 0 Å². The quantitative estimate of drug-likeness (QED) is 0.625. The van der Waals surface area contributed by atoms with Crippen molar-refractivity contribution < 1.29 is 13.9 Å². The molecule has 0 N–H and O–H groups in total. The van der Waals surface area contributed by atoms with Gasteiger partial charge in [0.1, 0.15) is 17.1 Å². The summed E-state index contributed by atoms with van der Waals surface area (Å²) in [7, 11) is 0. The van der Waals surface area contributed by atoms with Gasteiger partial charge in [0.25, 0.3) is 0 Å². The Labute approximate surface area is 168 Å². The molecule has 9 nitrogen and oxygen atoms in total. The molecule has 1 atom stereocenters. The summed E-state index contributed by atoms with van der Waals surface area (Å²) in [5, 5.41) is 11.6. The van der Waals surface area contributed by atoms with Crippen LogP contribution in [0.15, 0.2) is 21.5 Å². The van der Waals surface area contributed by atoms with Crippen LogP contribution in [-0.2, 0) is 17.6 Å². The summed E-state index contributed by atoms with van der Waals surface area (Å²) in [5.41, 5.74) is 4.65. The van der Waals surface area contributed by atoms with Gasteiger partial charge in [-0.2, -0.15) is 0 Å². The largest absolute Gasteiger partial charge is 0.361 e. The molecule has 0 bridgehead atoms. The van der Waals surface area contributed by atoms with E-state index in [1.807, 2.05) is 18.7 Å². The minimum absolute atomic E-state index is 0.0712. The van der Waals surface area contributed by atoms with E-state index < -0.39 is 0 Å². The van der Waals surface area contributed by atoms with Gasteiger partial charge in [-0.05, 0) is 46.5 Å². The monoisotopic (exact) mass is 396 g/mol. The van der Waals surface area contributed by atoms with Crippen LogP contribution in [-0.4, -0.2) is 48.8 Å². The summed E-state index contributed by atoms with van der Waals surface area (Å²) in [6, 6.07) is 0.201. The second kappa shape index (κ2) is 8.10. The van der Waals surface area contributed by atoms with Crippen LogP contribution in [0.25, 0.3) is 11.3 Å². The maximum Gasteiger partial charge on any atom is 0.229 e. The lowest BCUT2D eigenvalue weighted by atomic mass is 10.1. The number of carbonyl (C=O) groups excluding carboxylic acids is 1. The maximum atomic E-state index is 12.7. The fourth-order valence-electron chi connectivity index (χ4n) is 3.93. The smallest absolute Gasteiger partial charge is 0.229 e. The first-order chi connectivity index (χ1) is 14.0. The number of likely N-dealkylation sites (tertiary alicyclic amines) is 1. The van der Waals surface area contributed by atoms with E-state index >= 15 is 0 Å². The summed E-state index contributed by atoms with van der Waals surface area (Å²) < 4.78 is 9.95. The van der Waals surface area contributed by atoms with Gasteiger partial charge in [0.15, 0.2) is 0 Å². The first-order valence-electron chi connectivity index (χ1n) is 9.84. The fraction of sp³-hybridized carbons (Fsp3) is 0.500. The Balaban J connectivity index is 1.41. The van der Waals surface area contributed by atoms with Crippen LogP contribution in [0.1, 0.15) is 47.8 Å². The molecule has 1 amide bonds. The molecule has 0 radical (unpaired) electrons. The zero-order chi connectivity index (χ0) is 20.4. The zero-order valence-corrected chi connectivity index (χ0v) is 16.9. The Hall–Kier alpha value is -3.10. The second-order valence-electron chi connectivity index (χ2n) is 7.49. The zero-order valence-electron chi connectivity index (χ0n) is 16.9. The van der Waals surface area contributed by atoms with Crippen molar-refractivity contribution in [3.63, 3.8) is 0 Å². The molecule has 0 saturated carbocycles. The molecule has 4 heterocycles. The third kappa shape index (κ3) is 4.03. The number of hydrogen-bond donors (Lipinski definition) is 0. The Morgan fingerprint density at radius 3 is 2.76 bits per heavy atom. The minimum atomic E-state index is 0.0712. The van der Waals surface area contributed by atoms with Gasteiger partial charge < -0.3 is 9.42 Å². The van der Waals surface area contributed by atoms with Gasteiger partial charge in [0, 0.05) is 18.8 Å². The number of aryl methyl sites for hydroxylation is 4. The van der Waals surface area contributed by atoms with Crippen molar-refractivity contribution >= 4 is 5.91 Å². The van der Waals surface area contributed by atoms with Gasteiger partial charge in [-0.1, -0.05) is 15.5 Å². The number of rotatable bonds is 6. The molecule has 4 rings (SSSR count). The number of amides is 1. The number of hydrogen-bond acceptors (Lipinski definition) is 8. The highest BCUT2D eigenvalue weighted by Gasteiger charge is 2.29. The SMILES string of the molecule is Cc1nonc1CC(=O)N1CCC[C@H]1CCc1cncc(-c2c(C)noc2C)n1. The molecule has 0 aliphatic carbocycles. The first kappa shape index (κ1) is 19.2. The van der Waals surface area contributed by atoms with Crippen molar-refractivity contribution in [3.8, 4) is 11.3 Å². The summed E-state index contributed by atoms with van der Waals surface area (Å²) in [6.45, 7) is 6.34. The molecule has 0 unspecified atom stereocenters. The molecule has 1 fully saturated rings. The van der Waals surface area contributed by atoms with Gasteiger partial charge in [-0.3, -0.25) is 9.78 Å². The first-order valence-corrected chi connectivity index (χ1v) is 9.84. The van der Waals surface area contributed by atoms with Crippen LogP contribution in [0.2, 0.25) is 0 Å². The van der Waals surface area contributed by atoms with Crippen LogP contribution in [0.4, 0.5) is 0 Å². The summed E-state index contributed by atoms with van der Waals surface area (Å²) in [4.78, 5) is 23.8. The van der Waals surface area contributed by atoms with Crippen molar-refractivity contribution in [3.05, 3.63) is 40.9 Å². The molecule has 9 heteroatoms. The van der Waals surface area contributed by atoms with Gasteiger partial charge in [0.05, 0.1) is 35.3 Å². The minimum Gasteiger partial charge on any atom is -0.361 e. The third-order valence-corrected chi connectivity index (χ3v) is 5.47. The van der Waals surface area contributed by atoms with Crippen LogP contribution in [0.5, 0.6) is 0 Å². The molecule has 0 spiro atoms. The molecule has 1 aliphatic heterocycles. The fourth-order valence-corrected chi connectivity index (χ4v) is 3.93. The van der Waals surface area contributed by atoms with Crippen molar-refractivity contribution in [2.45, 2.75) is 58.9 Å². The lowest BCUT2D eigenvalue weighted by Gasteiger charge is -2.24. The summed E-state index contributed by atoms with van der Waals surface area (Å²) in [5.74, 6) is 0.806. The Bertz CT molecular complexity index is 992. The molecular formula is C20H24N6O3. The highest BCUT2D eigenvalue weighted by atomic mass is 16.6. The lowest BCUT2D eigenvalue weighted by molar-refractivity contribution is -0.131. The van der Waals surface area contributed by atoms with E-state index in [1.54, 1.807) is 19.3 Å². The highest BCUT2D eigenvalue weighted by Crippen LogP contribution is 2.26. The van der Waals surface area contributed by atoms with E-state index in [-0.39, 0.29) is 18.4 Å². The molecule has 0 aromatic carbocycles. The lowest BCUT2D eigenvalue weighted by Crippen LogP contribution is -2.37. The van der Waals surface area contributed by atoms with Gasteiger partial charge >= 0.3 is 0 Å². The Kier molecular flexibility index (Phi) is 5.37. The summed E-state index contributed by atoms with van der Waals surface area (Å²) in [6.07, 6.45) is 7.36. The van der Waals surface area contributed by atoms with Crippen molar-refractivity contribution in [1.82, 2.24) is 30.3 Å². The van der Waals surface area contributed by atoms with Crippen molar-refractivity contribution in [2.24, 2.45) is 0 Å². The molecule has 3 aromatic heterocycles. The molecule has 1 aliphatic rings. The summed E-state index contributed by atoms with van der Waals surface area (Å²) >= 11 is 0. The third-order valence-electron chi connectivity index (χ3n) is 5.47. The standard InChI is InChI=1S/C20H24N6O3/c1-12-17(25-29-24-12)9-19(27)26-8-4-5-16(26)7-6-15-10-21-11-18(22-15)20-13(2)23-28-14(20)3/h10-11,16H,4-9H2,1-3H3/t16-/m0/s1. The normalized spacial score (nSPS) is 16.5. The van der Waals surface area contributed by atoms with E-state index in [9.17, 15) is 4.79 Å². The van der Waals surface area contributed by atoms with Gasteiger partial charge in [0.2, 0.25) is 5.91 Å². The topological polar surface area (TPSA) is 111 Å². The van der Waals surface area contributed by atoms with Gasteiger partial charge in [-0.25, -0.2) is 9.61 Å². The van der Waals surface area contributed by atoms with E-state index in [2.05, 4.69) is 20.5 Å². The number of aromatic nitrogens is 5. The highest BCUT2D eigenvalue weighted by molar-refractivity contribution is 5.79. The number of nitrogens with zero attached hydrogens (tertiary/aromatic N) is 6. The molecule has 152 valence electrons. The van der Waals surface area contributed by atoms with E-state index in [0.29, 0.717) is 11.4 Å². The second-order valence-corrected chi connectivity index (χ2v) is 7.49. The van der Waals surface area contributed by atoms with Crippen LogP contribution in [0, 0.1) is 20.8 Å². The molecular weight excluding hydrogens is 372 g/mol. The average molecular weight is 396 g/mol. The number of carbonyl (C=O) groups is 1. The van der Waals surface area contributed by atoms with Crippen LogP contribution < -0.4 is 0 Å². The van der Waals surface area contributed by atoms with Crippen LogP contribution >= 0.6 is 0 Å². The molecule has 1 saturated heterocycles. The van der Waals surface area contributed by atoms with Crippen molar-refractivity contribution in [2.75, 3.05) is 6.54 Å². The average Bonchev–Trinajstić information content (AvgIpc) is 3.42. The van der Waals surface area contributed by atoms with Crippen LogP contribution in [0.3, 0.4) is 0 Å². The predicted octanol–water partition coefficient (Wildman–Crippen LogP) is 2.61. The van der Waals surface area contributed by atoms with Gasteiger partial charge in [-0.15, -0.1) is 0 Å². The Morgan fingerprint density at radius 2 is 2.03 bits per heavy atom. The molecule has 29 heavy (non-hydrogen) atoms.